The summed E-state index contributed by atoms with van der Waals surface area (Å²) in [5.41, 5.74) is 2.64. The molecule has 11 nitrogen and oxygen atoms in total. The van der Waals surface area contributed by atoms with Crippen LogP contribution in [-0.4, -0.2) is 50.0 Å². The highest BCUT2D eigenvalue weighted by molar-refractivity contribution is 14.1. The number of fused-ring (bicyclic) bond motifs is 2. The number of rotatable bonds is 14. The van der Waals surface area contributed by atoms with E-state index < -0.39 is 18.0 Å². The molecule has 0 fully saturated rings. The monoisotopic (exact) mass is 862 g/mol. The maximum atomic E-state index is 14.4. The number of carbonyl (C=O) groups excluding carboxylic acids is 2. The summed E-state index contributed by atoms with van der Waals surface area (Å²) in [6.45, 7) is 8.05. The zero-order chi connectivity index (χ0) is 38.4. The van der Waals surface area contributed by atoms with Gasteiger partial charge < -0.3 is 28.4 Å². The molecular formula is C41H39IN2O9S. The highest BCUT2D eigenvalue weighted by atomic mass is 127. The van der Waals surface area contributed by atoms with E-state index in [1.54, 1.807) is 38.1 Å². The van der Waals surface area contributed by atoms with E-state index >= 15 is 0 Å². The molecule has 4 aromatic carbocycles. The lowest BCUT2D eigenvalue weighted by Crippen LogP contribution is -2.40. The topological polar surface area (TPSA) is 124 Å². The second kappa shape index (κ2) is 17.3. The molecule has 0 unspecified atom stereocenters. The number of esters is 2. The van der Waals surface area contributed by atoms with Crippen LogP contribution in [0.1, 0.15) is 50.4 Å². The van der Waals surface area contributed by atoms with E-state index in [-0.39, 0.29) is 24.3 Å². The number of ether oxygens (including phenoxy) is 6. The number of halogens is 1. The van der Waals surface area contributed by atoms with Crippen molar-refractivity contribution in [1.82, 2.24) is 4.57 Å². The zero-order valence-electron chi connectivity index (χ0n) is 30.5. The van der Waals surface area contributed by atoms with Crippen LogP contribution >= 0.6 is 33.9 Å². The number of thiazole rings is 1. The summed E-state index contributed by atoms with van der Waals surface area (Å²) in [4.78, 5) is 44.8. The van der Waals surface area contributed by atoms with Crippen LogP contribution in [0.5, 0.6) is 23.0 Å². The van der Waals surface area contributed by atoms with Gasteiger partial charge in [0.05, 0.1) is 52.3 Å². The Hall–Kier alpha value is -5.15. The van der Waals surface area contributed by atoms with Crippen LogP contribution in [0, 0.1) is 3.57 Å². The third-order valence-corrected chi connectivity index (χ3v) is 10.3. The quantitative estimate of drug-likeness (QED) is 0.0912. The predicted octanol–water partition coefficient (Wildman–Crippen LogP) is 6.48. The molecule has 0 radical (unpaired) electrons. The van der Waals surface area contributed by atoms with Gasteiger partial charge in [-0.3, -0.25) is 9.36 Å². The van der Waals surface area contributed by atoms with E-state index in [4.69, 9.17) is 33.4 Å². The first-order valence-electron chi connectivity index (χ1n) is 17.4. The molecule has 0 aliphatic carbocycles. The van der Waals surface area contributed by atoms with Gasteiger partial charge in [-0.1, -0.05) is 53.8 Å². The molecule has 1 aliphatic heterocycles. The van der Waals surface area contributed by atoms with Crippen molar-refractivity contribution in [3.8, 4) is 23.0 Å². The van der Waals surface area contributed by atoms with Gasteiger partial charge in [0.25, 0.3) is 5.56 Å². The summed E-state index contributed by atoms with van der Waals surface area (Å²) in [6.07, 6.45) is 1.79. The Labute approximate surface area is 329 Å². The first kappa shape index (κ1) is 38.6. The average molecular weight is 863 g/mol. The molecule has 1 atom stereocenters. The molecule has 1 aromatic heterocycles. The molecule has 0 saturated carbocycles. The minimum absolute atomic E-state index is 0.139. The first-order valence-corrected chi connectivity index (χ1v) is 19.3. The molecule has 13 heteroatoms. The summed E-state index contributed by atoms with van der Waals surface area (Å²) in [7, 11) is 1.27. The van der Waals surface area contributed by atoms with Crippen LogP contribution in [0.15, 0.2) is 93.9 Å². The minimum Gasteiger partial charge on any atom is -0.490 e. The summed E-state index contributed by atoms with van der Waals surface area (Å²) in [5, 5.41) is 2.30. The Morgan fingerprint density at radius 1 is 0.870 bits per heavy atom. The molecule has 0 amide bonds. The first-order chi connectivity index (χ1) is 26.1. The van der Waals surface area contributed by atoms with Gasteiger partial charge in [-0.15, -0.1) is 0 Å². The molecule has 0 spiro atoms. The summed E-state index contributed by atoms with van der Waals surface area (Å²) in [6, 6.07) is 22.4. The van der Waals surface area contributed by atoms with E-state index in [2.05, 4.69) is 52.9 Å². The maximum absolute atomic E-state index is 14.4. The van der Waals surface area contributed by atoms with Gasteiger partial charge in [0.1, 0.15) is 6.61 Å². The third-order valence-electron chi connectivity index (χ3n) is 8.50. The second-order valence-corrected chi connectivity index (χ2v) is 14.2. The van der Waals surface area contributed by atoms with Gasteiger partial charge in [-0.05, 0) is 114 Å². The van der Waals surface area contributed by atoms with Gasteiger partial charge in [0.15, 0.2) is 34.4 Å². The number of allylic oxidation sites excluding steroid dienone is 1. The van der Waals surface area contributed by atoms with Crippen molar-refractivity contribution < 1.29 is 38.0 Å². The molecule has 0 saturated heterocycles. The normalized spacial score (nSPS) is 14.0. The van der Waals surface area contributed by atoms with Crippen LogP contribution in [0.4, 0.5) is 0 Å². The Balaban J connectivity index is 1.40. The Kier molecular flexibility index (Phi) is 12.4. The summed E-state index contributed by atoms with van der Waals surface area (Å²) < 4.78 is 36.8. The molecule has 1 aliphatic rings. The largest absolute Gasteiger partial charge is 0.490 e. The SMILES string of the molecule is CCOC(=O)C1=C(C)N=c2s/c(=C\c3cc(I)c(OCc4ccc5ccccc5c4)c(OCC)c3)c(=O)n2[C@H]1c1ccc(OCC(=O)OC)c(OCC)c1. The van der Waals surface area contributed by atoms with Gasteiger partial charge in [-0.2, -0.15) is 0 Å². The minimum atomic E-state index is -0.888. The van der Waals surface area contributed by atoms with Crippen molar-refractivity contribution in [3.63, 3.8) is 0 Å². The van der Waals surface area contributed by atoms with E-state index in [9.17, 15) is 14.4 Å². The lowest BCUT2D eigenvalue weighted by Gasteiger charge is -2.25. The fourth-order valence-electron chi connectivity index (χ4n) is 6.09. The number of methoxy groups -OCH3 is 1. The molecule has 0 N–H and O–H groups in total. The van der Waals surface area contributed by atoms with Crippen molar-refractivity contribution >= 4 is 62.7 Å². The highest BCUT2D eigenvalue weighted by Crippen LogP contribution is 2.37. The van der Waals surface area contributed by atoms with Gasteiger partial charge in [0.2, 0.25) is 0 Å². The van der Waals surface area contributed by atoms with E-state index in [1.165, 1.54) is 23.0 Å². The molecule has 5 aromatic rings. The van der Waals surface area contributed by atoms with E-state index in [0.717, 1.165) is 25.5 Å². The predicted molar refractivity (Wildman–Crippen MR) is 214 cm³/mol. The molecule has 0 bridgehead atoms. The standard InChI is InChI=1S/C41H39IN2O9S/c1-6-49-32-21-29(15-16-31(32)52-23-35(45)48-5)37-36(40(47)51-8-3)24(4)43-41-44(37)39(46)34(54-41)20-26-18-30(42)38(33(19-26)50-7-2)53-22-25-13-14-27-11-9-10-12-28(27)17-25/h9-21,37H,6-8,22-23H2,1-5H3/b34-20-/t37-/m0/s1. The number of carbonyl (C=O) groups is 2. The Morgan fingerprint density at radius 2 is 1.63 bits per heavy atom. The lowest BCUT2D eigenvalue weighted by molar-refractivity contribution is -0.143. The van der Waals surface area contributed by atoms with Crippen molar-refractivity contribution in [2.75, 3.05) is 33.5 Å². The van der Waals surface area contributed by atoms with Crippen LogP contribution in [0.25, 0.3) is 16.8 Å². The van der Waals surface area contributed by atoms with Crippen LogP contribution in [0.2, 0.25) is 0 Å². The van der Waals surface area contributed by atoms with E-state index in [0.29, 0.717) is 63.4 Å². The second-order valence-electron chi connectivity index (χ2n) is 12.0. The zero-order valence-corrected chi connectivity index (χ0v) is 33.4. The molecular weight excluding hydrogens is 823 g/mol. The maximum Gasteiger partial charge on any atom is 0.343 e. The number of nitrogens with zero attached hydrogens (tertiary/aromatic N) is 2. The summed E-state index contributed by atoms with van der Waals surface area (Å²) >= 11 is 3.44. The van der Waals surface area contributed by atoms with Gasteiger partial charge in [0, 0.05) is 0 Å². The number of hydrogen-bond acceptors (Lipinski definition) is 11. The third kappa shape index (κ3) is 8.31. The van der Waals surface area contributed by atoms with Crippen LogP contribution in [-0.2, 0) is 25.7 Å². The van der Waals surface area contributed by atoms with Crippen molar-refractivity contribution in [1.29, 1.82) is 0 Å². The fourth-order valence-corrected chi connectivity index (χ4v) is 7.92. The Bertz CT molecular complexity index is 2440. The van der Waals surface area contributed by atoms with Crippen molar-refractivity contribution in [2.45, 2.75) is 40.3 Å². The van der Waals surface area contributed by atoms with Gasteiger partial charge in [-0.25, -0.2) is 14.6 Å². The van der Waals surface area contributed by atoms with Crippen molar-refractivity contribution in [3.05, 3.63) is 124 Å². The van der Waals surface area contributed by atoms with Crippen molar-refractivity contribution in [2.24, 2.45) is 4.99 Å². The lowest BCUT2D eigenvalue weighted by atomic mass is 9.95. The average Bonchev–Trinajstić information content (AvgIpc) is 3.46. The smallest absolute Gasteiger partial charge is 0.343 e. The fraction of sp³-hybridized carbons (Fsp3) is 0.268. The van der Waals surface area contributed by atoms with Gasteiger partial charge >= 0.3 is 11.9 Å². The molecule has 280 valence electrons. The highest BCUT2D eigenvalue weighted by Gasteiger charge is 2.34. The van der Waals surface area contributed by atoms with Crippen LogP contribution < -0.4 is 33.8 Å². The Morgan fingerprint density at radius 3 is 2.37 bits per heavy atom. The molecule has 2 heterocycles. The van der Waals surface area contributed by atoms with E-state index in [1.807, 2.05) is 38.1 Å². The van der Waals surface area contributed by atoms with Crippen LogP contribution in [0.3, 0.4) is 0 Å². The number of aromatic nitrogens is 1. The molecule has 54 heavy (non-hydrogen) atoms. The molecule has 6 rings (SSSR count). The number of benzene rings is 4. The summed E-state index contributed by atoms with van der Waals surface area (Å²) in [5.74, 6) is 0.671. The number of hydrogen-bond donors (Lipinski definition) is 0.